The topological polar surface area (TPSA) is 83.9 Å². The standard InChI is InChI=1S/C15H19NO5/c1-15(2,3)21-14(20)16(10-13(18)19)12(17)9-11-7-5-4-6-8-11/h4-8H,9-10H2,1-3H3,(H,18,19). The number of ether oxygens (including phenoxy) is 1. The summed E-state index contributed by atoms with van der Waals surface area (Å²) in [4.78, 5) is 35.5. The first-order chi connectivity index (χ1) is 9.69. The second-order valence-electron chi connectivity index (χ2n) is 5.52. The Morgan fingerprint density at radius 3 is 2.19 bits per heavy atom. The van der Waals surface area contributed by atoms with Gasteiger partial charge in [-0.15, -0.1) is 0 Å². The molecule has 1 aromatic rings. The number of carbonyl (C=O) groups is 3. The molecule has 0 spiro atoms. The highest BCUT2D eigenvalue weighted by atomic mass is 16.6. The fourth-order valence-corrected chi connectivity index (χ4v) is 1.57. The van der Waals surface area contributed by atoms with Gasteiger partial charge in [0.2, 0.25) is 5.91 Å². The molecule has 0 aliphatic heterocycles. The molecule has 0 atom stereocenters. The van der Waals surface area contributed by atoms with Crippen molar-refractivity contribution in [1.82, 2.24) is 4.90 Å². The average molecular weight is 293 g/mol. The molecule has 21 heavy (non-hydrogen) atoms. The fourth-order valence-electron chi connectivity index (χ4n) is 1.57. The summed E-state index contributed by atoms with van der Waals surface area (Å²) in [5.74, 6) is -1.89. The number of carbonyl (C=O) groups excluding carboxylic acids is 2. The molecule has 0 aromatic heterocycles. The lowest BCUT2D eigenvalue weighted by molar-refractivity contribution is -0.143. The number of imide groups is 1. The summed E-state index contributed by atoms with van der Waals surface area (Å²) in [6.07, 6.45) is -1.02. The van der Waals surface area contributed by atoms with E-state index in [0.29, 0.717) is 10.5 Å². The van der Waals surface area contributed by atoms with Crippen LogP contribution in [0, 0.1) is 0 Å². The van der Waals surface area contributed by atoms with Gasteiger partial charge in [0.05, 0.1) is 6.42 Å². The predicted molar refractivity (Wildman–Crippen MR) is 75.7 cm³/mol. The van der Waals surface area contributed by atoms with Crippen LogP contribution in [0.15, 0.2) is 30.3 Å². The Hall–Kier alpha value is -2.37. The lowest BCUT2D eigenvalue weighted by atomic mass is 10.1. The predicted octanol–water partition coefficient (Wildman–Crippen LogP) is 2.08. The molecule has 1 rings (SSSR count). The minimum atomic E-state index is -1.28. The first kappa shape index (κ1) is 16.7. The highest BCUT2D eigenvalue weighted by Gasteiger charge is 2.28. The number of carboxylic acid groups (broad SMARTS) is 1. The number of benzene rings is 1. The van der Waals surface area contributed by atoms with Gasteiger partial charge in [-0.3, -0.25) is 9.59 Å². The monoisotopic (exact) mass is 293 g/mol. The van der Waals surface area contributed by atoms with Crippen molar-refractivity contribution in [3.8, 4) is 0 Å². The molecule has 0 saturated carbocycles. The van der Waals surface area contributed by atoms with E-state index in [1.807, 2.05) is 0 Å². The van der Waals surface area contributed by atoms with Crippen molar-refractivity contribution in [2.45, 2.75) is 32.8 Å². The van der Waals surface area contributed by atoms with Gasteiger partial charge in [-0.1, -0.05) is 30.3 Å². The fraction of sp³-hybridized carbons (Fsp3) is 0.400. The molecule has 0 fully saturated rings. The van der Waals surface area contributed by atoms with E-state index in [1.165, 1.54) is 0 Å². The van der Waals surface area contributed by atoms with Gasteiger partial charge in [0.1, 0.15) is 12.1 Å². The summed E-state index contributed by atoms with van der Waals surface area (Å²) in [6, 6.07) is 8.78. The van der Waals surface area contributed by atoms with Gasteiger partial charge >= 0.3 is 12.1 Å². The highest BCUT2D eigenvalue weighted by Crippen LogP contribution is 2.11. The maximum Gasteiger partial charge on any atom is 0.417 e. The third-order valence-electron chi connectivity index (χ3n) is 2.41. The van der Waals surface area contributed by atoms with Crippen molar-refractivity contribution in [2.24, 2.45) is 0 Å². The third kappa shape index (κ3) is 6.07. The zero-order valence-corrected chi connectivity index (χ0v) is 12.3. The average Bonchev–Trinajstić information content (AvgIpc) is 2.34. The summed E-state index contributed by atoms with van der Waals surface area (Å²) >= 11 is 0. The molecule has 0 aliphatic carbocycles. The largest absolute Gasteiger partial charge is 0.480 e. The van der Waals surface area contributed by atoms with Gasteiger partial charge in [-0.25, -0.2) is 9.69 Å². The lowest BCUT2D eigenvalue weighted by Crippen LogP contribution is -2.44. The van der Waals surface area contributed by atoms with Crippen LogP contribution in [0.2, 0.25) is 0 Å². The van der Waals surface area contributed by atoms with Crippen molar-refractivity contribution < 1.29 is 24.2 Å². The normalized spacial score (nSPS) is 10.8. The molecule has 0 unspecified atom stereocenters. The van der Waals surface area contributed by atoms with E-state index >= 15 is 0 Å². The van der Waals surface area contributed by atoms with Crippen molar-refractivity contribution >= 4 is 18.0 Å². The lowest BCUT2D eigenvalue weighted by Gasteiger charge is -2.25. The SMILES string of the molecule is CC(C)(C)OC(=O)N(CC(=O)O)C(=O)Cc1ccccc1. The van der Waals surface area contributed by atoms with E-state index in [0.717, 1.165) is 0 Å². The molecule has 0 radical (unpaired) electrons. The molecular weight excluding hydrogens is 274 g/mol. The van der Waals surface area contributed by atoms with Gasteiger partial charge in [-0.2, -0.15) is 0 Å². The molecule has 6 heteroatoms. The van der Waals surface area contributed by atoms with Crippen molar-refractivity contribution in [2.75, 3.05) is 6.54 Å². The number of aliphatic carboxylic acids is 1. The second kappa shape index (κ2) is 6.88. The van der Waals surface area contributed by atoms with Crippen molar-refractivity contribution in [3.05, 3.63) is 35.9 Å². The summed E-state index contributed by atoms with van der Waals surface area (Å²) in [5, 5.41) is 8.84. The van der Waals surface area contributed by atoms with Crippen molar-refractivity contribution in [3.63, 3.8) is 0 Å². The van der Waals surface area contributed by atoms with E-state index in [-0.39, 0.29) is 6.42 Å². The van der Waals surface area contributed by atoms with Crippen LogP contribution in [0.5, 0.6) is 0 Å². The van der Waals surface area contributed by atoms with E-state index in [1.54, 1.807) is 51.1 Å². The van der Waals surface area contributed by atoms with Gasteiger partial charge in [0, 0.05) is 0 Å². The molecule has 1 aromatic carbocycles. The Morgan fingerprint density at radius 2 is 1.71 bits per heavy atom. The number of amides is 2. The maximum atomic E-state index is 12.1. The zero-order valence-electron chi connectivity index (χ0n) is 12.3. The van der Waals surface area contributed by atoms with Crippen molar-refractivity contribution in [1.29, 1.82) is 0 Å². The minimum absolute atomic E-state index is 0.0621. The Morgan fingerprint density at radius 1 is 1.14 bits per heavy atom. The molecule has 0 heterocycles. The molecule has 1 N–H and O–H groups in total. The zero-order chi connectivity index (χ0) is 16.0. The minimum Gasteiger partial charge on any atom is -0.480 e. The smallest absolute Gasteiger partial charge is 0.417 e. The summed E-state index contributed by atoms with van der Waals surface area (Å²) < 4.78 is 5.06. The third-order valence-corrected chi connectivity index (χ3v) is 2.41. The van der Waals surface area contributed by atoms with Crippen LogP contribution in [0.4, 0.5) is 4.79 Å². The molecule has 0 bridgehead atoms. The van der Waals surface area contributed by atoms with Gasteiger partial charge < -0.3 is 9.84 Å². The Kier molecular flexibility index (Phi) is 5.46. The van der Waals surface area contributed by atoms with Crippen LogP contribution in [-0.2, 0) is 20.7 Å². The molecule has 114 valence electrons. The molecule has 0 aliphatic rings. The van der Waals surface area contributed by atoms with Crippen LogP contribution in [-0.4, -0.2) is 40.1 Å². The molecule has 6 nitrogen and oxygen atoms in total. The van der Waals surface area contributed by atoms with Crippen LogP contribution in [0.25, 0.3) is 0 Å². The number of hydrogen-bond donors (Lipinski definition) is 1. The van der Waals surface area contributed by atoms with E-state index < -0.39 is 30.1 Å². The van der Waals surface area contributed by atoms with E-state index in [2.05, 4.69) is 0 Å². The highest BCUT2D eigenvalue weighted by molar-refractivity contribution is 5.96. The summed E-state index contributed by atoms with van der Waals surface area (Å²) in [6.45, 7) is 4.21. The van der Waals surface area contributed by atoms with Crippen LogP contribution in [0.1, 0.15) is 26.3 Å². The first-order valence-corrected chi connectivity index (χ1v) is 6.48. The Balaban J connectivity index is 2.84. The molecule has 0 saturated heterocycles. The number of rotatable bonds is 4. The Bertz CT molecular complexity index is 519. The van der Waals surface area contributed by atoms with Gasteiger partial charge in [0.25, 0.3) is 0 Å². The van der Waals surface area contributed by atoms with Gasteiger partial charge in [0.15, 0.2) is 0 Å². The van der Waals surface area contributed by atoms with Crippen LogP contribution in [0.3, 0.4) is 0 Å². The summed E-state index contributed by atoms with van der Waals surface area (Å²) in [7, 11) is 0. The van der Waals surface area contributed by atoms with Crippen LogP contribution >= 0.6 is 0 Å². The number of nitrogens with zero attached hydrogens (tertiary/aromatic N) is 1. The maximum absolute atomic E-state index is 12.1. The van der Waals surface area contributed by atoms with E-state index in [4.69, 9.17) is 9.84 Å². The second-order valence-corrected chi connectivity index (χ2v) is 5.52. The quantitative estimate of drug-likeness (QED) is 0.918. The van der Waals surface area contributed by atoms with Crippen LogP contribution < -0.4 is 0 Å². The number of hydrogen-bond acceptors (Lipinski definition) is 4. The first-order valence-electron chi connectivity index (χ1n) is 6.48. The Labute approximate surface area is 123 Å². The number of carboxylic acids is 1. The molecular formula is C15H19NO5. The summed E-state index contributed by atoms with van der Waals surface area (Å²) in [5.41, 5.74) is -0.109. The molecule has 2 amide bonds. The van der Waals surface area contributed by atoms with Gasteiger partial charge in [-0.05, 0) is 26.3 Å². The van der Waals surface area contributed by atoms with E-state index in [9.17, 15) is 14.4 Å².